The van der Waals surface area contributed by atoms with Crippen molar-refractivity contribution in [2.24, 2.45) is 0 Å². The molecule has 0 aliphatic heterocycles. The molecular weight excluding hydrogens is 356 g/mol. The summed E-state index contributed by atoms with van der Waals surface area (Å²) in [6.45, 7) is 0. The molecule has 2 aromatic carbocycles. The monoisotopic (exact) mass is 362 g/mol. The molecule has 21 heavy (non-hydrogen) atoms. The van der Waals surface area contributed by atoms with Gasteiger partial charge >= 0.3 is 6.18 Å². The van der Waals surface area contributed by atoms with Gasteiger partial charge < -0.3 is 4.74 Å². The molecule has 0 aromatic heterocycles. The Morgan fingerprint density at radius 2 is 1.81 bits per heavy atom. The van der Waals surface area contributed by atoms with Gasteiger partial charge in [0.15, 0.2) is 0 Å². The maximum Gasteiger partial charge on any atom is 0.420 e. The predicted molar refractivity (Wildman–Crippen MR) is 71.0 cm³/mol. The van der Waals surface area contributed by atoms with Crippen LogP contribution in [-0.2, 0) is 6.18 Å². The fourth-order valence-electron chi connectivity index (χ4n) is 1.65. The smallest absolute Gasteiger partial charge is 0.420 e. The second kappa shape index (κ2) is 5.85. The molecule has 110 valence electrons. The first kappa shape index (κ1) is 15.5. The zero-order valence-corrected chi connectivity index (χ0v) is 11.8. The number of aldehydes is 1. The van der Waals surface area contributed by atoms with Crippen molar-refractivity contribution in [3.63, 3.8) is 0 Å². The number of carbonyl (C=O) groups excluding carboxylic acids is 1. The Kier molecular flexibility index (Phi) is 4.32. The number of rotatable bonds is 3. The molecule has 0 atom stereocenters. The number of ether oxygens (including phenoxy) is 1. The third-order valence-electron chi connectivity index (χ3n) is 2.51. The lowest BCUT2D eigenvalue weighted by Gasteiger charge is -2.14. The first-order valence-corrected chi connectivity index (χ1v) is 6.39. The van der Waals surface area contributed by atoms with Gasteiger partial charge in [-0.3, -0.25) is 4.79 Å². The molecule has 0 amide bonds. The molecule has 2 aromatic rings. The van der Waals surface area contributed by atoms with Crippen LogP contribution in [0.1, 0.15) is 15.9 Å². The third-order valence-corrected chi connectivity index (χ3v) is 2.97. The summed E-state index contributed by atoms with van der Waals surface area (Å²) in [5.41, 5.74) is -1.23. The maximum atomic E-state index is 13.2. The Balaban J connectivity index is 2.46. The number of hydrogen-bond donors (Lipinski definition) is 0. The molecule has 0 N–H and O–H groups in total. The standard InChI is InChI=1S/C14H7BrF4O2/c15-9-4-10(16)6-11(5-9)21-13-2-1-8(7-20)3-12(13)14(17,18)19/h1-7H. The summed E-state index contributed by atoms with van der Waals surface area (Å²) >= 11 is 3.02. The van der Waals surface area contributed by atoms with E-state index in [1.54, 1.807) is 0 Å². The van der Waals surface area contributed by atoms with Gasteiger partial charge in [0, 0.05) is 16.1 Å². The van der Waals surface area contributed by atoms with Crippen molar-refractivity contribution in [1.82, 2.24) is 0 Å². The first-order valence-electron chi connectivity index (χ1n) is 5.60. The molecule has 0 heterocycles. The van der Waals surface area contributed by atoms with E-state index in [0.29, 0.717) is 16.8 Å². The Morgan fingerprint density at radius 1 is 1.10 bits per heavy atom. The topological polar surface area (TPSA) is 26.3 Å². The number of hydrogen-bond acceptors (Lipinski definition) is 2. The lowest BCUT2D eigenvalue weighted by Crippen LogP contribution is -2.08. The molecule has 0 spiro atoms. The minimum atomic E-state index is -4.70. The molecule has 0 bridgehead atoms. The summed E-state index contributed by atoms with van der Waals surface area (Å²) in [5, 5.41) is 0. The van der Waals surface area contributed by atoms with Crippen LogP contribution in [0, 0.1) is 5.82 Å². The van der Waals surface area contributed by atoms with Gasteiger partial charge in [0.25, 0.3) is 0 Å². The molecular formula is C14H7BrF4O2. The van der Waals surface area contributed by atoms with Crippen LogP contribution in [0.5, 0.6) is 11.5 Å². The molecule has 0 fully saturated rings. The van der Waals surface area contributed by atoms with E-state index < -0.39 is 23.3 Å². The van der Waals surface area contributed by atoms with E-state index in [1.807, 2.05) is 0 Å². The van der Waals surface area contributed by atoms with Crippen molar-refractivity contribution >= 4 is 22.2 Å². The van der Waals surface area contributed by atoms with Gasteiger partial charge in [-0.15, -0.1) is 0 Å². The number of benzene rings is 2. The first-order chi connectivity index (χ1) is 9.79. The highest BCUT2D eigenvalue weighted by Crippen LogP contribution is 2.39. The Bertz CT molecular complexity index is 663. The van der Waals surface area contributed by atoms with Crippen LogP contribution >= 0.6 is 15.9 Å². The molecule has 0 saturated carbocycles. The lowest BCUT2D eigenvalue weighted by atomic mass is 10.1. The third kappa shape index (κ3) is 3.81. The van der Waals surface area contributed by atoms with Crippen molar-refractivity contribution in [2.75, 3.05) is 0 Å². The normalized spacial score (nSPS) is 11.3. The lowest BCUT2D eigenvalue weighted by molar-refractivity contribution is -0.138. The number of halogens is 5. The maximum absolute atomic E-state index is 13.2. The van der Waals surface area contributed by atoms with E-state index in [0.717, 1.165) is 18.2 Å². The van der Waals surface area contributed by atoms with Crippen molar-refractivity contribution in [1.29, 1.82) is 0 Å². The SMILES string of the molecule is O=Cc1ccc(Oc2cc(F)cc(Br)c2)c(C(F)(F)F)c1. The highest BCUT2D eigenvalue weighted by atomic mass is 79.9. The quantitative estimate of drug-likeness (QED) is 0.553. The van der Waals surface area contributed by atoms with Gasteiger partial charge in [0.2, 0.25) is 0 Å². The van der Waals surface area contributed by atoms with Crippen LogP contribution in [0.25, 0.3) is 0 Å². The molecule has 0 unspecified atom stereocenters. The van der Waals surface area contributed by atoms with Crippen molar-refractivity contribution in [2.45, 2.75) is 6.18 Å². The minimum absolute atomic E-state index is 0.0915. The molecule has 0 saturated heterocycles. The average Bonchev–Trinajstić information content (AvgIpc) is 2.36. The molecule has 2 rings (SSSR count). The van der Waals surface area contributed by atoms with Gasteiger partial charge in [0.1, 0.15) is 23.6 Å². The molecule has 0 aliphatic rings. The Labute approximate surface area is 125 Å². The van der Waals surface area contributed by atoms with E-state index in [-0.39, 0.29) is 11.3 Å². The van der Waals surface area contributed by atoms with Crippen LogP contribution in [0.2, 0.25) is 0 Å². The van der Waals surface area contributed by atoms with Crippen molar-refractivity contribution in [3.05, 3.63) is 57.8 Å². The van der Waals surface area contributed by atoms with Gasteiger partial charge in [-0.1, -0.05) is 15.9 Å². The van der Waals surface area contributed by atoms with Gasteiger partial charge in [-0.05, 0) is 30.3 Å². The van der Waals surface area contributed by atoms with E-state index in [1.165, 1.54) is 12.1 Å². The van der Waals surface area contributed by atoms with Crippen LogP contribution in [0.15, 0.2) is 40.9 Å². The van der Waals surface area contributed by atoms with Crippen LogP contribution < -0.4 is 4.74 Å². The second-order valence-corrected chi connectivity index (χ2v) is 4.99. The largest absolute Gasteiger partial charge is 0.457 e. The van der Waals surface area contributed by atoms with Gasteiger partial charge in [-0.25, -0.2) is 4.39 Å². The zero-order chi connectivity index (χ0) is 15.6. The summed E-state index contributed by atoms with van der Waals surface area (Å²) in [6, 6.07) is 6.32. The van der Waals surface area contributed by atoms with E-state index in [2.05, 4.69) is 15.9 Å². The summed E-state index contributed by atoms with van der Waals surface area (Å²) in [7, 11) is 0. The summed E-state index contributed by atoms with van der Waals surface area (Å²) in [5.74, 6) is -1.26. The summed E-state index contributed by atoms with van der Waals surface area (Å²) < 4.78 is 57.5. The molecule has 7 heteroatoms. The van der Waals surface area contributed by atoms with Crippen LogP contribution in [0.4, 0.5) is 17.6 Å². The Hall–Kier alpha value is -1.89. The minimum Gasteiger partial charge on any atom is -0.457 e. The number of carbonyl (C=O) groups is 1. The van der Waals surface area contributed by atoms with Crippen molar-refractivity contribution in [3.8, 4) is 11.5 Å². The zero-order valence-electron chi connectivity index (χ0n) is 10.2. The van der Waals surface area contributed by atoms with E-state index in [9.17, 15) is 22.4 Å². The Morgan fingerprint density at radius 3 is 2.38 bits per heavy atom. The van der Waals surface area contributed by atoms with Gasteiger partial charge in [-0.2, -0.15) is 13.2 Å². The molecule has 0 radical (unpaired) electrons. The van der Waals surface area contributed by atoms with Crippen LogP contribution in [0.3, 0.4) is 0 Å². The fourth-order valence-corrected chi connectivity index (χ4v) is 2.09. The van der Waals surface area contributed by atoms with Crippen LogP contribution in [-0.4, -0.2) is 6.29 Å². The van der Waals surface area contributed by atoms with Gasteiger partial charge in [0.05, 0.1) is 5.56 Å². The fraction of sp³-hybridized carbons (Fsp3) is 0.0714. The summed E-state index contributed by atoms with van der Waals surface area (Å²) in [6.07, 6.45) is -4.39. The van der Waals surface area contributed by atoms with E-state index >= 15 is 0 Å². The molecule has 2 nitrogen and oxygen atoms in total. The predicted octanol–water partition coefficient (Wildman–Crippen LogP) is 5.21. The molecule has 0 aliphatic carbocycles. The van der Waals surface area contributed by atoms with Crippen molar-refractivity contribution < 1.29 is 27.1 Å². The summed E-state index contributed by atoms with van der Waals surface area (Å²) in [4.78, 5) is 10.6. The van der Waals surface area contributed by atoms with E-state index in [4.69, 9.17) is 4.74 Å². The highest BCUT2D eigenvalue weighted by molar-refractivity contribution is 9.10. The second-order valence-electron chi connectivity index (χ2n) is 4.08. The highest BCUT2D eigenvalue weighted by Gasteiger charge is 2.35. The number of alkyl halides is 3. The average molecular weight is 363 g/mol.